The topological polar surface area (TPSA) is 47.3 Å². The van der Waals surface area contributed by atoms with Gasteiger partial charge in [0, 0.05) is 13.2 Å². The van der Waals surface area contributed by atoms with Crippen molar-refractivity contribution in [1.82, 2.24) is 5.43 Å². The minimum Gasteiger partial charge on any atom is -0.596 e. The Labute approximate surface area is 53.0 Å². The van der Waals surface area contributed by atoms with Crippen LogP contribution in [0.15, 0.2) is 12.2 Å². The minimum atomic E-state index is -0.285. The van der Waals surface area contributed by atoms with E-state index in [-0.39, 0.29) is 6.23 Å². The Hall–Kier alpha value is -1.03. The van der Waals surface area contributed by atoms with Crippen molar-refractivity contribution in [3.8, 4) is 0 Å². The number of hydrazine groups is 1. The average Bonchev–Trinajstić information content (AvgIpc) is 1.88. The molecule has 4 nitrogen and oxygen atoms in total. The first-order chi connectivity index (χ1) is 4.33. The van der Waals surface area contributed by atoms with E-state index in [1.807, 2.05) is 0 Å². The molecule has 0 amide bonds. The van der Waals surface area contributed by atoms with Crippen molar-refractivity contribution in [3.05, 3.63) is 17.4 Å². The molecule has 0 radical (unpaired) electrons. The fraction of sp³-hybridized carbons (Fsp3) is 0.400. The highest BCUT2D eigenvalue weighted by Gasteiger charge is 2.07. The van der Waals surface area contributed by atoms with Gasteiger partial charge >= 0.3 is 0 Å². The van der Waals surface area contributed by atoms with Gasteiger partial charge in [0.15, 0.2) is 6.23 Å². The average molecular weight is 128 g/mol. The minimum absolute atomic E-state index is 0.285. The molecule has 1 N–H and O–H groups in total. The van der Waals surface area contributed by atoms with Crippen molar-refractivity contribution in [2.24, 2.45) is 0 Å². The highest BCUT2D eigenvalue weighted by atomic mass is 16.5. The summed E-state index contributed by atoms with van der Waals surface area (Å²) in [5, 5.41) is 10.5. The summed E-state index contributed by atoms with van der Waals surface area (Å²) in [5.74, 6) is 0. The quantitative estimate of drug-likeness (QED) is 0.386. The zero-order chi connectivity index (χ0) is 6.69. The molecule has 0 saturated carbocycles. The van der Waals surface area contributed by atoms with Gasteiger partial charge in [-0.2, -0.15) is 5.43 Å². The second-order valence-corrected chi connectivity index (χ2v) is 1.65. The third-order valence-corrected chi connectivity index (χ3v) is 1.02. The van der Waals surface area contributed by atoms with Crippen molar-refractivity contribution in [3.63, 3.8) is 0 Å². The number of hydrazone groups is 1. The Balaban J connectivity index is 2.51. The Morgan fingerprint density at radius 1 is 1.78 bits per heavy atom. The zero-order valence-electron chi connectivity index (χ0n) is 5.07. The summed E-state index contributed by atoms with van der Waals surface area (Å²) < 4.78 is 4.80. The van der Waals surface area contributed by atoms with Gasteiger partial charge in [-0.15, -0.1) is 0 Å². The lowest BCUT2D eigenvalue weighted by atomic mass is 10.4. The third-order valence-electron chi connectivity index (χ3n) is 1.02. The van der Waals surface area contributed by atoms with E-state index in [2.05, 4.69) is 5.43 Å². The van der Waals surface area contributed by atoms with Crippen molar-refractivity contribution < 1.29 is 9.58 Å². The van der Waals surface area contributed by atoms with Gasteiger partial charge in [0.25, 0.3) is 0 Å². The molecule has 0 bridgehead atoms. The van der Waals surface area contributed by atoms with E-state index < -0.39 is 0 Å². The molecule has 0 saturated heterocycles. The molecule has 1 aliphatic heterocycles. The van der Waals surface area contributed by atoms with Gasteiger partial charge in [-0.25, -0.2) is 0 Å². The maximum atomic E-state index is 10.5. The van der Waals surface area contributed by atoms with Crippen molar-refractivity contribution in [1.29, 1.82) is 0 Å². The van der Waals surface area contributed by atoms with Crippen LogP contribution in [0.5, 0.6) is 0 Å². The molecular formula is C5H8N2O2. The highest BCUT2D eigenvalue weighted by Crippen LogP contribution is 1.89. The van der Waals surface area contributed by atoms with Crippen LogP contribution < -0.4 is 5.43 Å². The summed E-state index contributed by atoms with van der Waals surface area (Å²) in [6.45, 7) is 0. The number of hydrogen-bond donors (Lipinski definition) is 1. The molecule has 0 fully saturated rings. The number of ether oxygens (including phenoxy) is 1. The summed E-state index contributed by atoms with van der Waals surface area (Å²) >= 11 is 0. The lowest BCUT2D eigenvalue weighted by Gasteiger charge is -2.14. The van der Waals surface area contributed by atoms with Crippen LogP contribution >= 0.6 is 0 Å². The van der Waals surface area contributed by atoms with Crippen LogP contribution in [0, 0.1) is 5.21 Å². The Kier molecular flexibility index (Phi) is 1.69. The maximum Gasteiger partial charge on any atom is 0.206 e. The first-order valence-corrected chi connectivity index (χ1v) is 2.60. The van der Waals surface area contributed by atoms with Gasteiger partial charge in [0.1, 0.15) is 0 Å². The number of rotatable bonds is 1. The molecule has 9 heavy (non-hydrogen) atoms. The van der Waals surface area contributed by atoms with Crippen LogP contribution in [-0.2, 0) is 4.74 Å². The SMILES string of the molecule is COC1C=CC=[N+]([O-])N1. The molecule has 1 unspecified atom stereocenters. The number of nitrogens with one attached hydrogen (secondary N) is 1. The van der Waals surface area contributed by atoms with Crippen LogP contribution in [0.25, 0.3) is 0 Å². The third kappa shape index (κ3) is 1.43. The fourth-order valence-corrected chi connectivity index (χ4v) is 0.572. The van der Waals surface area contributed by atoms with Crippen LogP contribution in [0.3, 0.4) is 0 Å². The molecule has 50 valence electrons. The molecule has 0 spiro atoms. The molecular weight excluding hydrogens is 120 g/mol. The molecule has 0 aromatic carbocycles. The van der Waals surface area contributed by atoms with E-state index in [0.717, 1.165) is 0 Å². The van der Waals surface area contributed by atoms with E-state index in [1.165, 1.54) is 13.3 Å². The van der Waals surface area contributed by atoms with Gasteiger partial charge in [0.05, 0.1) is 0 Å². The van der Waals surface area contributed by atoms with Crippen molar-refractivity contribution in [2.75, 3.05) is 7.11 Å². The first-order valence-electron chi connectivity index (χ1n) is 2.60. The summed E-state index contributed by atoms with van der Waals surface area (Å²) in [4.78, 5) is 0.605. The number of methoxy groups -OCH3 is 1. The molecule has 1 aliphatic rings. The lowest BCUT2D eigenvalue weighted by Crippen LogP contribution is -2.37. The summed E-state index contributed by atoms with van der Waals surface area (Å²) in [6.07, 6.45) is 4.47. The van der Waals surface area contributed by atoms with Crippen LogP contribution in [0.4, 0.5) is 0 Å². The Morgan fingerprint density at radius 2 is 2.56 bits per heavy atom. The summed E-state index contributed by atoms with van der Waals surface area (Å²) in [6, 6.07) is 0. The van der Waals surface area contributed by atoms with Crippen LogP contribution in [-0.4, -0.2) is 24.4 Å². The van der Waals surface area contributed by atoms with Gasteiger partial charge in [-0.3, -0.25) is 0 Å². The molecule has 1 atom stereocenters. The van der Waals surface area contributed by atoms with Crippen LogP contribution in [0.2, 0.25) is 0 Å². The largest absolute Gasteiger partial charge is 0.596 e. The smallest absolute Gasteiger partial charge is 0.206 e. The number of hydrogen-bond acceptors (Lipinski definition) is 3. The maximum absolute atomic E-state index is 10.5. The predicted octanol–water partition coefficient (Wildman–Crippen LogP) is -0.386. The second kappa shape index (κ2) is 2.50. The molecule has 4 heteroatoms. The van der Waals surface area contributed by atoms with Crippen LogP contribution in [0.1, 0.15) is 0 Å². The molecule has 0 aliphatic carbocycles. The predicted molar refractivity (Wildman–Crippen MR) is 32.8 cm³/mol. The van der Waals surface area contributed by atoms with E-state index >= 15 is 0 Å². The first kappa shape index (κ1) is 6.10. The van der Waals surface area contributed by atoms with Gasteiger partial charge < -0.3 is 9.94 Å². The Morgan fingerprint density at radius 3 is 3.00 bits per heavy atom. The van der Waals surface area contributed by atoms with E-state index in [4.69, 9.17) is 4.74 Å². The molecule has 1 rings (SSSR count). The number of nitrogens with zero attached hydrogens (tertiary/aromatic N) is 1. The summed E-state index contributed by atoms with van der Waals surface area (Å²) in [7, 11) is 1.53. The van der Waals surface area contributed by atoms with Crippen molar-refractivity contribution in [2.45, 2.75) is 6.23 Å². The van der Waals surface area contributed by atoms with E-state index in [9.17, 15) is 5.21 Å². The molecule has 0 aromatic heterocycles. The van der Waals surface area contributed by atoms with E-state index in [0.29, 0.717) is 4.85 Å². The van der Waals surface area contributed by atoms with Gasteiger partial charge in [-0.05, 0) is 6.08 Å². The lowest BCUT2D eigenvalue weighted by molar-refractivity contribution is -0.534. The normalized spacial score (nSPS) is 25.0. The highest BCUT2D eigenvalue weighted by molar-refractivity contribution is 5.66. The summed E-state index contributed by atoms with van der Waals surface area (Å²) in [5.41, 5.74) is 2.48. The molecule has 0 aromatic rings. The standard InChI is InChI=1S/C5H8N2O2/c1-9-5-3-2-4-7(8)6-5/h2-6H,1H3. The molecule has 1 heterocycles. The van der Waals surface area contributed by atoms with Gasteiger partial charge in [-0.1, -0.05) is 4.85 Å². The fourth-order valence-electron chi connectivity index (χ4n) is 0.572. The number of allylic oxidation sites excluding steroid dienone is 1. The van der Waals surface area contributed by atoms with Crippen molar-refractivity contribution >= 4 is 6.21 Å². The monoisotopic (exact) mass is 128 g/mol. The Bertz CT molecular complexity index is 153. The van der Waals surface area contributed by atoms with Gasteiger partial charge in [0.2, 0.25) is 6.21 Å². The second-order valence-electron chi connectivity index (χ2n) is 1.65. The van der Waals surface area contributed by atoms with E-state index in [1.54, 1.807) is 12.2 Å². The zero-order valence-corrected chi connectivity index (χ0v) is 5.07.